The van der Waals surface area contributed by atoms with Gasteiger partial charge in [0.1, 0.15) is 12.4 Å². The molecule has 1 amide bonds. The Morgan fingerprint density at radius 1 is 1.59 bits per heavy atom. The number of fused-ring (bicyclic) bond motifs is 1. The van der Waals surface area contributed by atoms with Gasteiger partial charge in [-0.25, -0.2) is 4.79 Å². The molecule has 0 aromatic heterocycles. The summed E-state index contributed by atoms with van der Waals surface area (Å²) in [4.78, 5) is 11.4. The Morgan fingerprint density at radius 3 is 3.12 bits per heavy atom. The van der Waals surface area contributed by atoms with E-state index < -0.39 is 6.09 Å². The van der Waals surface area contributed by atoms with Crippen molar-refractivity contribution in [3.05, 3.63) is 23.6 Å². The number of alkyl carbamates (subject to hydrolysis) is 1. The summed E-state index contributed by atoms with van der Waals surface area (Å²) in [5.41, 5.74) is 0.470. The molecule has 1 fully saturated rings. The standard InChI is InChI=1S/C12H18N2O3.H2/c1-2-13-3-4-17-12(16)14-10-6-8-5-9(8)7-11(10)15;/h6-9,13,15H,2-5H2,1H3,(H,14,16);1H. The van der Waals surface area contributed by atoms with Gasteiger partial charge in [0.25, 0.3) is 0 Å². The summed E-state index contributed by atoms with van der Waals surface area (Å²) < 4.78 is 4.95. The first kappa shape index (κ1) is 12.0. The van der Waals surface area contributed by atoms with E-state index in [0.717, 1.165) is 13.0 Å². The molecule has 0 aliphatic heterocycles. The second kappa shape index (κ2) is 5.23. The van der Waals surface area contributed by atoms with Gasteiger partial charge in [0.15, 0.2) is 0 Å². The number of carbonyl (C=O) groups is 1. The van der Waals surface area contributed by atoms with Crippen molar-refractivity contribution in [2.75, 3.05) is 19.7 Å². The van der Waals surface area contributed by atoms with E-state index >= 15 is 0 Å². The van der Waals surface area contributed by atoms with Crippen molar-refractivity contribution in [2.45, 2.75) is 13.3 Å². The van der Waals surface area contributed by atoms with E-state index in [1.165, 1.54) is 0 Å². The zero-order valence-corrected chi connectivity index (χ0v) is 9.90. The number of carbonyl (C=O) groups excluding carboxylic acids is 1. The highest BCUT2D eigenvalue weighted by atomic mass is 16.5. The Labute approximate surface area is 102 Å². The maximum Gasteiger partial charge on any atom is 0.411 e. The predicted octanol–water partition coefficient (Wildman–Crippen LogP) is 1.54. The van der Waals surface area contributed by atoms with Crippen LogP contribution in [0.4, 0.5) is 4.79 Å². The minimum Gasteiger partial charge on any atom is -0.506 e. The average molecular weight is 240 g/mol. The maximum atomic E-state index is 11.4. The zero-order valence-electron chi connectivity index (χ0n) is 9.90. The normalized spacial score (nSPS) is 25.5. The van der Waals surface area contributed by atoms with E-state index in [0.29, 0.717) is 30.7 Å². The van der Waals surface area contributed by atoms with E-state index in [2.05, 4.69) is 10.6 Å². The highest BCUT2D eigenvalue weighted by molar-refractivity contribution is 5.70. The molecular weight excluding hydrogens is 220 g/mol. The van der Waals surface area contributed by atoms with E-state index in [9.17, 15) is 9.90 Å². The van der Waals surface area contributed by atoms with Crippen molar-refractivity contribution in [1.29, 1.82) is 0 Å². The first-order valence-electron chi connectivity index (χ1n) is 5.98. The molecule has 5 nitrogen and oxygen atoms in total. The van der Waals surface area contributed by atoms with Crippen LogP contribution in [0.25, 0.3) is 0 Å². The smallest absolute Gasteiger partial charge is 0.411 e. The van der Waals surface area contributed by atoms with E-state index in [4.69, 9.17) is 4.74 Å². The number of rotatable bonds is 5. The molecule has 0 bridgehead atoms. The summed E-state index contributed by atoms with van der Waals surface area (Å²) in [6.07, 6.45) is 4.23. The topological polar surface area (TPSA) is 70.6 Å². The van der Waals surface area contributed by atoms with Gasteiger partial charge in [0.2, 0.25) is 0 Å². The lowest BCUT2D eigenvalue weighted by Crippen LogP contribution is -2.29. The van der Waals surface area contributed by atoms with E-state index in [-0.39, 0.29) is 7.19 Å². The molecule has 2 rings (SSSR count). The summed E-state index contributed by atoms with van der Waals surface area (Å²) in [5.74, 6) is 1.08. The Morgan fingerprint density at radius 2 is 2.35 bits per heavy atom. The molecule has 1 saturated carbocycles. The van der Waals surface area contributed by atoms with Crippen molar-refractivity contribution in [3.8, 4) is 0 Å². The summed E-state index contributed by atoms with van der Waals surface area (Å²) in [7, 11) is 0. The molecule has 0 spiro atoms. The number of hydrogen-bond donors (Lipinski definition) is 3. The fourth-order valence-electron chi connectivity index (χ4n) is 1.86. The lowest BCUT2D eigenvalue weighted by atomic mass is 10.1. The van der Waals surface area contributed by atoms with Gasteiger partial charge in [-0.15, -0.1) is 0 Å². The molecule has 0 aromatic rings. The summed E-state index contributed by atoms with van der Waals surface area (Å²) >= 11 is 0. The van der Waals surface area contributed by atoms with Crippen molar-refractivity contribution in [3.63, 3.8) is 0 Å². The second-order valence-electron chi connectivity index (χ2n) is 4.31. The molecule has 2 aliphatic rings. The molecule has 2 aliphatic carbocycles. The Bertz CT molecular complexity index is 368. The SMILES string of the molecule is CCNCCOC(=O)NC1=CC2CC2C=C1O.[HH]. The molecule has 0 heterocycles. The van der Waals surface area contributed by atoms with Crippen LogP contribution in [-0.2, 0) is 4.74 Å². The zero-order chi connectivity index (χ0) is 12.3. The second-order valence-corrected chi connectivity index (χ2v) is 4.31. The van der Waals surface area contributed by atoms with Crippen LogP contribution in [0.3, 0.4) is 0 Å². The minimum absolute atomic E-state index is 0. The third kappa shape index (κ3) is 3.23. The molecule has 96 valence electrons. The molecule has 2 unspecified atom stereocenters. The number of nitrogens with one attached hydrogen (secondary N) is 2. The average Bonchev–Trinajstić information content (AvgIpc) is 3.03. The van der Waals surface area contributed by atoms with Gasteiger partial charge >= 0.3 is 6.09 Å². The quantitative estimate of drug-likeness (QED) is 0.637. The number of aliphatic hydroxyl groups excluding tert-OH is 1. The van der Waals surface area contributed by atoms with Crippen LogP contribution >= 0.6 is 0 Å². The van der Waals surface area contributed by atoms with Crippen molar-refractivity contribution in [1.82, 2.24) is 10.6 Å². The largest absolute Gasteiger partial charge is 0.506 e. The lowest BCUT2D eigenvalue weighted by Gasteiger charge is -2.12. The summed E-state index contributed by atoms with van der Waals surface area (Å²) in [5, 5.41) is 15.2. The van der Waals surface area contributed by atoms with Crippen LogP contribution in [0.5, 0.6) is 0 Å². The first-order chi connectivity index (χ1) is 8.20. The van der Waals surface area contributed by atoms with Crippen molar-refractivity contribution < 1.29 is 16.1 Å². The fourth-order valence-corrected chi connectivity index (χ4v) is 1.86. The third-order valence-corrected chi connectivity index (χ3v) is 2.92. The Hall–Kier alpha value is -1.49. The minimum atomic E-state index is -0.520. The van der Waals surface area contributed by atoms with E-state index in [1.807, 2.05) is 13.0 Å². The number of allylic oxidation sites excluding steroid dienone is 2. The number of amides is 1. The molecule has 2 atom stereocenters. The van der Waals surface area contributed by atoms with E-state index in [1.54, 1.807) is 6.08 Å². The van der Waals surface area contributed by atoms with Gasteiger partial charge in [-0.05, 0) is 30.9 Å². The van der Waals surface area contributed by atoms with Crippen molar-refractivity contribution >= 4 is 6.09 Å². The van der Waals surface area contributed by atoms with Crippen LogP contribution < -0.4 is 10.6 Å². The van der Waals surface area contributed by atoms with Gasteiger partial charge < -0.3 is 15.2 Å². The summed E-state index contributed by atoms with van der Waals surface area (Å²) in [6.45, 7) is 3.80. The van der Waals surface area contributed by atoms with Crippen LogP contribution in [0.15, 0.2) is 23.6 Å². The monoisotopic (exact) mass is 240 g/mol. The van der Waals surface area contributed by atoms with Crippen LogP contribution in [-0.4, -0.2) is 30.9 Å². The molecule has 17 heavy (non-hydrogen) atoms. The molecule has 3 N–H and O–H groups in total. The van der Waals surface area contributed by atoms with Gasteiger partial charge in [-0.1, -0.05) is 13.0 Å². The molecule has 5 heteroatoms. The molecule has 0 radical (unpaired) electrons. The summed E-state index contributed by atoms with van der Waals surface area (Å²) in [6, 6.07) is 0. The fraction of sp³-hybridized carbons (Fsp3) is 0.583. The Kier molecular flexibility index (Phi) is 3.68. The van der Waals surface area contributed by atoms with Crippen LogP contribution in [0.2, 0.25) is 0 Å². The Balaban J connectivity index is 0.00000162. The molecule has 0 aromatic carbocycles. The highest BCUT2D eigenvalue weighted by Gasteiger charge is 2.38. The van der Waals surface area contributed by atoms with Crippen molar-refractivity contribution in [2.24, 2.45) is 11.8 Å². The van der Waals surface area contributed by atoms with Gasteiger partial charge in [-0.2, -0.15) is 0 Å². The molecular formula is C12H20N2O3. The number of aliphatic hydroxyl groups is 1. The van der Waals surface area contributed by atoms with Gasteiger partial charge in [0.05, 0.1) is 5.70 Å². The van der Waals surface area contributed by atoms with Gasteiger partial charge in [0, 0.05) is 7.97 Å². The highest BCUT2D eigenvalue weighted by Crippen LogP contribution is 2.45. The predicted molar refractivity (Wildman–Crippen MR) is 65.5 cm³/mol. The number of likely N-dealkylation sites (N-methyl/N-ethyl adjacent to an activating group) is 1. The lowest BCUT2D eigenvalue weighted by molar-refractivity contribution is 0.149. The first-order valence-corrected chi connectivity index (χ1v) is 5.98. The number of hydrogen-bond acceptors (Lipinski definition) is 4. The van der Waals surface area contributed by atoms with Gasteiger partial charge in [-0.3, -0.25) is 5.32 Å². The molecule has 0 saturated heterocycles. The maximum absolute atomic E-state index is 11.4. The number of ether oxygens (including phenoxy) is 1. The third-order valence-electron chi connectivity index (χ3n) is 2.92. The van der Waals surface area contributed by atoms with Crippen LogP contribution in [0, 0.1) is 11.8 Å². The van der Waals surface area contributed by atoms with Crippen LogP contribution in [0.1, 0.15) is 14.8 Å².